The highest BCUT2D eigenvalue weighted by Gasteiger charge is 2.00. The van der Waals surface area contributed by atoms with Crippen LogP contribution in [0.4, 0.5) is 0 Å². The predicted molar refractivity (Wildman–Crippen MR) is 66.9 cm³/mol. The lowest BCUT2D eigenvalue weighted by molar-refractivity contribution is 0.105. The number of hydrogen-bond acceptors (Lipinski definition) is 2. The van der Waals surface area contributed by atoms with E-state index in [-0.39, 0.29) is 5.78 Å². The first-order valence-corrected chi connectivity index (χ1v) is 5.35. The Bertz CT molecular complexity index is 596. The van der Waals surface area contributed by atoms with Crippen molar-refractivity contribution in [2.75, 3.05) is 0 Å². The molecule has 0 saturated carbocycles. The third kappa shape index (κ3) is 3.17. The van der Waals surface area contributed by atoms with E-state index in [0.29, 0.717) is 10.6 Å². The number of carbonyl (C=O) groups is 1. The van der Waals surface area contributed by atoms with Gasteiger partial charge in [-0.2, -0.15) is 0 Å². The van der Waals surface area contributed by atoms with Gasteiger partial charge in [-0.1, -0.05) is 23.6 Å². The first-order valence-electron chi connectivity index (χ1n) is 4.97. The highest BCUT2D eigenvalue weighted by molar-refractivity contribution is 6.30. The molecule has 0 aliphatic heterocycles. The normalized spacial score (nSPS) is 9.24. The molecule has 0 N–H and O–H groups in total. The molecule has 0 bridgehead atoms. The highest BCUT2D eigenvalue weighted by Crippen LogP contribution is 2.09. The topological polar surface area (TPSA) is 30.0 Å². The number of nitrogens with zero attached hydrogens (tertiary/aromatic N) is 1. The molecule has 1 aromatic heterocycles. The van der Waals surface area contributed by atoms with Crippen LogP contribution < -0.4 is 0 Å². The number of pyridine rings is 1. The number of carbonyl (C=O) groups excluding carboxylic acids is 1. The predicted octanol–water partition coefficient (Wildman–Crippen LogP) is 2.97. The fourth-order valence-electron chi connectivity index (χ4n) is 1.26. The van der Waals surface area contributed by atoms with Crippen LogP contribution in [0.2, 0.25) is 5.02 Å². The molecule has 2 aromatic rings. The van der Waals surface area contributed by atoms with Crippen molar-refractivity contribution < 1.29 is 4.79 Å². The molecule has 0 fully saturated rings. The molecule has 2 rings (SSSR count). The van der Waals surface area contributed by atoms with E-state index in [2.05, 4.69) is 16.8 Å². The smallest absolute Gasteiger partial charge is 0.237 e. The molecule has 0 unspecified atom stereocenters. The molecular weight excluding hydrogens is 234 g/mol. The monoisotopic (exact) mass is 241 g/mol. The number of ketones is 1. The van der Waals surface area contributed by atoms with Crippen LogP contribution in [0.1, 0.15) is 15.9 Å². The van der Waals surface area contributed by atoms with Gasteiger partial charge < -0.3 is 0 Å². The average Bonchev–Trinajstić information content (AvgIpc) is 2.37. The first kappa shape index (κ1) is 11.4. The van der Waals surface area contributed by atoms with E-state index >= 15 is 0 Å². The largest absolute Gasteiger partial charge is 0.279 e. The van der Waals surface area contributed by atoms with Crippen molar-refractivity contribution in [3.05, 3.63) is 64.9 Å². The summed E-state index contributed by atoms with van der Waals surface area (Å²) in [5.41, 5.74) is 1.21. The molecule has 3 heteroatoms. The van der Waals surface area contributed by atoms with Crippen molar-refractivity contribution in [1.82, 2.24) is 4.98 Å². The average molecular weight is 242 g/mol. The van der Waals surface area contributed by atoms with Crippen LogP contribution in [-0.4, -0.2) is 10.8 Å². The third-order valence-corrected chi connectivity index (χ3v) is 2.30. The van der Waals surface area contributed by atoms with Crippen molar-refractivity contribution in [2.24, 2.45) is 0 Å². The summed E-state index contributed by atoms with van der Waals surface area (Å²) in [7, 11) is 0. The summed E-state index contributed by atoms with van der Waals surface area (Å²) >= 11 is 5.81. The molecule has 0 saturated heterocycles. The number of aromatic nitrogens is 1. The molecule has 0 atom stereocenters. The van der Waals surface area contributed by atoms with Gasteiger partial charge in [0.25, 0.3) is 0 Å². The van der Waals surface area contributed by atoms with E-state index < -0.39 is 0 Å². The summed E-state index contributed by atoms with van der Waals surface area (Å²) in [4.78, 5) is 15.5. The summed E-state index contributed by atoms with van der Waals surface area (Å²) in [6.07, 6.45) is 3.11. The zero-order valence-electron chi connectivity index (χ0n) is 8.85. The van der Waals surface area contributed by atoms with E-state index in [1.54, 1.807) is 42.6 Å². The molecule has 17 heavy (non-hydrogen) atoms. The van der Waals surface area contributed by atoms with Gasteiger partial charge in [-0.15, -0.1) is 0 Å². The minimum absolute atomic E-state index is 0.252. The first-order chi connectivity index (χ1) is 8.25. The maximum Gasteiger partial charge on any atom is 0.237 e. The van der Waals surface area contributed by atoms with Gasteiger partial charge in [0.15, 0.2) is 0 Å². The summed E-state index contributed by atoms with van der Waals surface area (Å²) < 4.78 is 0. The summed E-state index contributed by atoms with van der Waals surface area (Å²) in [5.74, 6) is 5.08. The van der Waals surface area contributed by atoms with Gasteiger partial charge in [0.2, 0.25) is 5.78 Å². The maximum absolute atomic E-state index is 11.7. The molecule has 82 valence electrons. The second-order valence-corrected chi connectivity index (χ2v) is 3.77. The Labute approximate surface area is 104 Å². The van der Waals surface area contributed by atoms with Crippen molar-refractivity contribution in [1.29, 1.82) is 0 Å². The van der Waals surface area contributed by atoms with Gasteiger partial charge >= 0.3 is 0 Å². The highest BCUT2D eigenvalue weighted by atomic mass is 35.5. The quantitative estimate of drug-likeness (QED) is 0.568. The lowest BCUT2D eigenvalue weighted by Crippen LogP contribution is -1.94. The van der Waals surface area contributed by atoms with Gasteiger partial charge in [-0.3, -0.25) is 9.78 Å². The Hall–Kier alpha value is -2.11. The lowest BCUT2D eigenvalue weighted by atomic mass is 10.1. The minimum Gasteiger partial charge on any atom is -0.279 e. The van der Waals surface area contributed by atoms with E-state index in [4.69, 9.17) is 11.6 Å². The molecule has 0 spiro atoms. The minimum atomic E-state index is -0.252. The van der Waals surface area contributed by atoms with Gasteiger partial charge in [-0.25, -0.2) is 0 Å². The van der Waals surface area contributed by atoms with Gasteiger partial charge in [0.1, 0.15) is 0 Å². The summed E-state index contributed by atoms with van der Waals surface area (Å²) in [5, 5.41) is 0.602. The summed E-state index contributed by atoms with van der Waals surface area (Å²) in [6, 6.07) is 10.5. The van der Waals surface area contributed by atoms with E-state index in [0.717, 1.165) is 5.56 Å². The van der Waals surface area contributed by atoms with Crippen LogP contribution in [0.25, 0.3) is 0 Å². The lowest BCUT2D eigenvalue weighted by Gasteiger charge is -1.92. The fourth-order valence-corrected chi connectivity index (χ4v) is 1.45. The SMILES string of the molecule is O=C(C#Cc1cccc(Cl)c1)c1cccnc1. The molecule has 0 radical (unpaired) electrons. The van der Waals surface area contributed by atoms with Crippen LogP contribution in [0, 0.1) is 11.8 Å². The van der Waals surface area contributed by atoms with Crippen LogP contribution >= 0.6 is 11.6 Å². The number of halogens is 1. The van der Waals surface area contributed by atoms with Crippen LogP contribution in [-0.2, 0) is 0 Å². The van der Waals surface area contributed by atoms with E-state index in [1.807, 2.05) is 0 Å². The van der Waals surface area contributed by atoms with Crippen LogP contribution in [0.3, 0.4) is 0 Å². The van der Waals surface area contributed by atoms with E-state index in [9.17, 15) is 4.79 Å². The van der Waals surface area contributed by atoms with Crippen molar-refractivity contribution >= 4 is 17.4 Å². The molecule has 0 aliphatic carbocycles. The van der Waals surface area contributed by atoms with Crippen molar-refractivity contribution in [3.63, 3.8) is 0 Å². The van der Waals surface area contributed by atoms with Gasteiger partial charge in [0.05, 0.1) is 0 Å². The van der Waals surface area contributed by atoms with Gasteiger partial charge in [0, 0.05) is 28.5 Å². The van der Waals surface area contributed by atoms with Crippen LogP contribution in [0.5, 0.6) is 0 Å². The number of benzene rings is 1. The Morgan fingerprint density at radius 3 is 2.82 bits per heavy atom. The number of rotatable bonds is 1. The van der Waals surface area contributed by atoms with Crippen LogP contribution in [0.15, 0.2) is 48.8 Å². The number of Topliss-reactive ketones (excluding diaryl/α,β-unsaturated/α-hetero) is 1. The second kappa shape index (κ2) is 5.29. The zero-order chi connectivity index (χ0) is 12.1. The summed E-state index contributed by atoms with van der Waals surface area (Å²) in [6.45, 7) is 0. The Balaban J connectivity index is 2.20. The van der Waals surface area contributed by atoms with Crippen molar-refractivity contribution in [2.45, 2.75) is 0 Å². The Morgan fingerprint density at radius 2 is 2.12 bits per heavy atom. The number of hydrogen-bond donors (Lipinski definition) is 0. The Kier molecular flexibility index (Phi) is 3.54. The molecular formula is C14H8ClNO. The molecule has 2 nitrogen and oxygen atoms in total. The van der Waals surface area contributed by atoms with Crippen molar-refractivity contribution in [3.8, 4) is 11.8 Å². The van der Waals surface area contributed by atoms with E-state index in [1.165, 1.54) is 6.20 Å². The zero-order valence-corrected chi connectivity index (χ0v) is 9.61. The third-order valence-electron chi connectivity index (χ3n) is 2.07. The molecule has 1 aromatic carbocycles. The Morgan fingerprint density at radius 1 is 1.24 bits per heavy atom. The second-order valence-electron chi connectivity index (χ2n) is 3.33. The molecule has 0 amide bonds. The standard InChI is InChI=1S/C14H8ClNO/c15-13-5-1-3-11(9-13)6-7-14(17)12-4-2-8-16-10-12/h1-5,8-10H. The fraction of sp³-hybridized carbons (Fsp3) is 0. The van der Waals surface area contributed by atoms with Gasteiger partial charge in [-0.05, 0) is 36.3 Å². The maximum atomic E-state index is 11.7. The molecule has 0 aliphatic rings. The molecule has 1 heterocycles.